The lowest BCUT2D eigenvalue weighted by Crippen LogP contribution is -2.38. The quantitative estimate of drug-likeness (QED) is 0.757. The standard InChI is InChI=1S/C13H23N3O2S2/c1-10(16(2)3)8-15-20(17,18)13-6-7-19-12(13)9-14-11-4-5-11/h6-7,10-11,14-15H,4-5,8-9H2,1-3H3. The van der Waals surface area contributed by atoms with Crippen LogP contribution >= 0.6 is 11.3 Å². The third-order valence-corrected chi connectivity index (χ3v) is 6.13. The molecule has 1 saturated carbocycles. The first-order chi connectivity index (χ1) is 9.40. The van der Waals surface area contributed by atoms with Crippen molar-refractivity contribution >= 4 is 21.4 Å². The second-order valence-electron chi connectivity index (χ2n) is 5.53. The maximum Gasteiger partial charge on any atom is 0.241 e. The molecule has 0 saturated heterocycles. The molecule has 0 amide bonds. The van der Waals surface area contributed by atoms with Crippen molar-refractivity contribution in [3.05, 3.63) is 16.3 Å². The maximum atomic E-state index is 12.4. The average Bonchev–Trinajstić information content (AvgIpc) is 3.09. The lowest BCUT2D eigenvalue weighted by atomic mass is 10.3. The Morgan fingerprint density at radius 3 is 2.75 bits per heavy atom. The van der Waals surface area contributed by atoms with E-state index in [1.165, 1.54) is 24.2 Å². The summed E-state index contributed by atoms with van der Waals surface area (Å²) in [5.41, 5.74) is 0. The van der Waals surface area contributed by atoms with Crippen molar-refractivity contribution in [2.45, 2.75) is 43.3 Å². The summed E-state index contributed by atoms with van der Waals surface area (Å²) in [6.45, 7) is 3.05. The van der Waals surface area contributed by atoms with Crippen LogP contribution in [-0.4, -0.2) is 46.0 Å². The Kier molecular flexibility index (Phi) is 5.19. The summed E-state index contributed by atoms with van der Waals surface area (Å²) in [5.74, 6) is 0. The summed E-state index contributed by atoms with van der Waals surface area (Å²) in [6.07, 6.45) is 2.40. The summed E-state index contributed by atoms with van der Waals surface area (Å²) in [4.78, 5) is 3.30. The summed E-state index contributed by atoms with van der Waals surface area (Å²) in [5, 5.41) is 5.21. The fraction of sp³-hybridized carbons (Fsp3) is 0.692. The molecule has 1 unspecified atom stereocenters. The smallest absolute Gasteiger partial charge is 0.241 e. The second-order valence-corrected chi connectivity index (χ2v) is 8.26. The number of nitrogens with zero attached hydrogens (tertiary/aromatic N) is 1. The molecule has 2 N–H and O–H groups in total. The number of hydrogen-bond acceptors (Lipinski definition) is 5. The van der Waals surface area contributed by atoms with Crippen molar-refractivity contribution in [2.75, 3.05) is 20.6 Å². The predicted octanol–water partition coefficient (Wildman–Crippen LogP) is 1.23. The first kappa shape index (κ1) is 15.9. The van der Waals surface area contributed by atoms with E-state index in [0.717, 1.165) is 4.88 Å². The van der Waals surface area contributed by atoms with Gasteiger partial charge < -0.3 is 10.2 Å². The zero-order chi connectivity index (χ0) is 14.8. The molecule has 0 aromatic carbocycles. The molecule has 20 heavy (non-hydrogen) atoms. The van der Waals surface area contributed by atoms with Crippen LogP contribution < -0.4 is 10.0 Å². The van der Waals surface area contributed by atoms with Crippen LogP contribution in [-0.2, 0) is 16.6 Å². The molecular formula is C13H23N3O2S2. The normalized spacial score (nSPS) is 17.6. The average molecular weight is 317 g/mol. The fourth-order valence-electron chi connectivity index (χ4n) is 1.71. The van der Waals surface area contributed by atoms with Gasteiger partial charge in [-0.25, -0.2) is 13.1 Å². The number of thiophene rings is 1. The van der Waals surface area contributed by atoms with Crippen molar-refractivity contribution in [1.29, 1.82) is 0 Å². The molecule has 1 aromatic rings. The van der Waals surface area contributed by atoms with Gasteiger partial charge in [0.1, 0.15) is 0 Å². The maximum absolute atomic E-state index is 12.4. The van der Waals surface area contributed by atoms with Gasteiger partial charge in [-0.3, -0.25) is 0 Å². The van der Waals surface area contributed by atoms with E-state index in [4.69, 9.17) is 0 Å². The summed E-state index contributed by atoms with van der Waals surface area (Å²) >= 11 is 1.49. The van der Waals surface area contributed by atoms with Gasteiger partial charge in [0.15, 0.2) is 0 Å². The third kappa shape index (κ3) is 4.26. The molecule has 1 heterocycles. The van der Waals surface area contributed by atoms with Gasteiger partial charge in [-0.1, -0.05) is 0 Å². The molecule has 0 bridgehead atoms. The summed E-state index contributed by atoms with van der Waals surface area (Å²) in [6, 6.07) is 2.43. The van der Waals surface area contributed by atoms with Crippen LogP contribution in [0.2, 0.25) is 0 Å². The highest BCUT2D eigenvalue weighted by atomic mass is 32.2. The molecule has 0 spiro atoms. The summed E-state index contributed by atoms with van der Waals surface area (Å²) in [7, 11) is 0.468. The van der Waals surface area contributed by atoms with Gasteiger partial charge in [0.25, 0.3) is 0 Å². The van der Waals surface area contributed by atoms with E-state index in [0.29, 0.717) is 24.0 Å². The summed E-state index contributed by atoms with van der Waals surface area (Å²) < 4.78 is 27.4. The first-order valence-electron chi connectivity index (χ1n) is 6.86. The van der Waals surface area contributed by atoms with E-state index in [2.05, 4.69) is 10.0 Å². The van der Waals surface area contributed by atoms with Crippen molar-refractivity contribution in [2.24, 2.45) is 0 Å². The van der Waals surface area contributed by atoms with Crippen molar-refractivity contribution in [3.63, 3.8) is 0 Å². The van der Waals surface area contributed by atoms with E-state index in [9.17, 15) is 8.42 Å². The minimum absolute atomic E-state index is 0.163. The Bertz CT molecular complexity index is 536. The lowest BCUT2D eigenvalue weighted by Gasteiger charge is -2.20. The minimum Gasteiger partial charge on any atom is -0.309 e. The Balaban J connectivity index is 1.99. The van der Waals surface area contributed by atoms with Gasteiger partial charge in [0.2, 0.25) is 10.0 Å². The Hall–Kier alpha value is -0.470. The van der Waals surface area contributed by atoms with E-state index in [1.54, 1.807) is 6.07 Å². The van der Waals surface area contributed by atoms with Crippen LogP contribution in [0.4, 0.5) is 0 Å². The molecule has 2 rings (SSSR count). The van der Waals surface area contributed by atoms with Gasteiger partial charge in [0, 0.05) is 30.1 Å². The highest BCUT2D eigenvalue weighted by Gasteiger charge is 2.24. The highest BCUT2D eigenvalue weighted by molar-refractivity contribution is 7.89. The van der Waals surface area contributed by atoms with Crippen LogP contribution in [0.1, 0.15) is 24.6 Å². The number of nitrogens with one attached hydrogen (secondary N) is 2. The molecule has 1 aromatic heterocycles. The number of rotatable bonds is 8. The van der Waals surface area contributed by atoms with Gasteiger partial charge in [-0.15, -0.1) is 11.3 Å². The Labute approximate surface area is 125 Å². The molecule has 1 atom stereocenters. The highest BCUT2D eigenvalue weighted by Crippen LogP contribution is 2.24. The van der Waals surface area contributed by atoms with Gasteiger partial charge >= 0.3 is 0 Å². The van der Waals surface area contributed by atoms with E-state index >= 15 is 0 Å². The second kappa shape index (κ2) is 6.53. The minimum atomic E-state index is -3.41. The van der Waals surface area contributed by atoms with Crippen LogP contribution in [0.5, 0.6) is 0 Å². The van der Waals surface area contributed by atoms with Gasteiger partial charge in [-0.2, -0.15) is 0 Å². The SMILES string of the molecule is CC(CNS(=O)(=O)c1ccsc1CNC1CC1)N(C)C. The van der Waals surface area contributed by atoms with E-state index in [-0.39, 0.29) is 6.04 Å². The number of likely N-dealkylation sites (N-methyl/N-ethyl adjacent to an activating group) is 1. The van der Waals surface area contributed by atoms with Crippen LogP contribution in [0.25, 0.3) is 0 Å². The van der Waals surface area contributed by atoms with Crippen LogP contribution in [0.15, 0.2) is 16.3 Å². The molecule has 1 fully saturated rings. The molecular weight excluding hydrogens is 294 g/mol. The molecule has 1 aliphatic rings. The monoisotopic (exact) mass is 317 g/mol. The topological polar surface area (TPSA) is 61.4 Å². The van der Waals surface area contributed by atoms with Crippen LogP contribution in [0, 0.1) is 0 Å². The Morgan fingerprint density at radius 1 is 1.45 bits per heavy atom. The fourth-order valence-corrected chi connectivity index (χ4v) is 4.23. The van der Waals surface area contributed by atoms with Crippen molar-refractivity contribution in [1.82, 2.24) is 14.9 Å². The zero-order valence-electron chi connectivity index (χ0n) is 12.2. The first-order valence-corrected chi connectivity index (χ1v) is 9.22. The van der Waals surface area contributed by atoms with Crippen molar-refractivity contribution < 1.29 is 8.42 Å². The number of hydrogen-bond donors (Lipinski definition) is 2. The van der Waals surface area contributed by atoms with Gasteiger partial charge in [0.05, 0.1) is 4.90 Å². The van der Waals surface area contributed by atoms with E-state index < -0.39 is 10.0 Å². The predicted molar refractivity (Wildman–Crippen MR) is 82.5 cm³/mol. The largest absolute Gasteiger partial charge is 0.309 e. The molecule has 7 heteroatoms. The molecule has 114 valence electrons. The molecule has 0 radical (unpaired) electrons. The Morgan fingerprint density at radius 2 is 2.15 bits per heavy atom. The third-order valence-electron chi connectivity index (χ3n) is 3.57. The molecule has 5 nitrogen and oxygen atoms in total. The van der Waals surface area contributed by atoms with Gasteiger partial charge in [-0.05, 0) is 45.3 Å². The molecule has 1 aliphatic carbocycles. The lowest BCUT2D eigenvalue weighted by molar-refractivity contribution is 0.314. The molecule has 0 aliphatic heterocycles. The zero-order valence-corrected chi connectivity index (χ0v) is 13.9. The van der Waals surface area contributed by atoms with E-state index in [1.807, 2.05) is 31.3 Å². The van der Waals surface area contributed by atoms with Crippen molar-refractivity contribution in [3.8, 4) is 0 Å². The number of sulfonamides is 1. The van der Waals surface area contributed by atoms with Crippen LogP contribution in [0.3, 0.4) is 0 Å².